The van der Waals surface area contributed by atoms with Crippen molar-refractivity contribution in [2.45, 2.75) is 62.8 Å². The average Bonchev–Trinajstić information content (AvgIpc) is 2.90. The van der Waals surface area contributed by atoms with Crippen LogP contribution in [0.2, 0.25) is 0 Å². The van der Waals surface area contributed by atoms with Gasteiger partial charge in [-0.2, -0.15) is 4.31 Å². The highest BCUT2D eigenvalue weighted by atomic mass is 32.2. The Morgan fingerprint density at radius 1 is 0.833 bits per heavy atom. The number of rotatable bonds is 11. The van der Waals surface area contributed by atoms with E-state index in [1.165, 1.54) is 9.87 Å². The van der Waals surface area contributed by atoms with Crippen LogP contribution in [0.1, 0.15) is 48.8 Å². The van der Waals surface area contributed by atoms with Gasteiger partial charge in [0.1, 0.15) is 12.1 Å². The number of piperidine rings is 1. The SMILES string of the molecule is O=C(OC(CCCc1ccccc1)Cc1ccccc1)C1CCCCN1S(=O)(=O)Cc1ccccc1. The number of sulfonamides is 1. The van der Waals surface area contributed by atoms with Gasteiger partial charge < -0.3 is 4.74 Å². The van der Waals surface area contributed by atoms with Crippen molar-refractivity contribution in [1.82, 2.24) is 4.31 Å². The Bertz CT molecular complexity index is 1180. The van der Waals surface area contributed by atoms with E-state index in [0.717, 1.165) is 43.2 Å². The number of hydrogen-bond acceptors (Lipinski definition) is 4. The molecule has 4 rings (SSSR count). The Hall–Kier alpha value is -2.96. The molecule has 0 aromatic heterocycles. The van der Waals surface area contributed by atoms with Gasteiger partial charge in [0.2, 0.25) is 10.0 Å². The lowest BCUT2D eigenvalue weighted by Gasteiger charge is -2.34. The van der Waals surface area contributed by atoms with Gasteiger partial charge in [-0.05, 0) is 55.2 Å². The quantitative estimate of drug-likeness (QED) is 0.321. The fourth-order valence-electron chi connectivity index (χ4n) is 4.84. The number of aryl methyl sites for hydroxylation is 1. The molecule has 1 saturated heterocycles. The molecular formula is C30H35NO4S. The van der Waals surface area contributed by atoms with E-state index in [1.54, 1.807) is 12.1 Å². The Labute approximate surface area is 215 Å². The predicted octanol–water partition coefficient (Wildman–Crippen LogP) is 5.55. The number of benzene rings is 3. The molecule has 0 amide bonds. The largest absolute Gasteiger partial charge is 0.461 e. The third-order valence-electron chi connectivity index (χ3n) is 6.70. The van der Waals surface area contributed by atoms with E-state index in [1.807, 2.05) is 66.7 Å². The second kappa shape index (κ2) is 12.8. The molecule has 1 aliphatic rings. The molecule has 6 heteroatoms. The van der Waals surface area contributed by atoms with E-state index in [9.17, 15) is 13.2 Å². The third-order valence-corrected chi connectivity index (χ3v) is 8.55. The van der Waals surface area contributed by atoms with Crippen molar-refractivity contribution in [2.75, 3.05) is 6.54 Å². The lowest BCUT2D eigenvalue weighted by molar-refractivity contribution is -0.155. The number of carbonyl (C=O) groups excluding carboxylic acids is 1. The summed E-state index contributed by atoms with van der Waals surface area (Å²) in [5.74, 6) is -0.533. The molecule has 190 valence electrons. The van der Waals surface area contributed by atoms with E-state index in [2.05, 4.69) is 12.1 Å². The molecule has 3 aromatic rings. The first-order chi connectivity index (χ1) is 17.5. The maximum Gasteiger partial charge on any atom is 0.324 e. The fraction of sp³-hybridized carbons (Fsp3) is 0.367. The zero-order valence-electron chi connectivity index (χ0n) is 20.7. The van der Waals surface area contributed by atoms with Gasteiger partial charge in [-0.3, -0.25) is 4.79 Å². The van der Waals surface area contributed by atoms with E-state index in [0.29, 0.717) is 19.4 Å². The standard InChI is InChI=1S/C30H35NO4S/c32-30(29-21-10-11-22-31(29)36(33,34)24-27-17-8-3-9-18-27)35-28(23-26-15-6-2-7-16-26)20-12-19-25-13-4-1-5-14-25/h1-9,13-18,28-29H,10-12,19-24H2. The minimum atomic E-state index is -3.65. The smallest absolute Gasteiger partial charge is 0.324 e. The Kier molecular flexibility index (Phi) is 9.31. The fourth-order valence-corrected chi connectivity index (χ4v) is 6.61. The molecule has 1 aliphatic heterocycles. The monoisotopic (exact) mass is 505 g/mol. The van der Waals surface area contributed by atoms with Crippen molar-refractivity contribution in [3.05, 3.63) is 108 Å². The van der Waals surface area contributed by atoms with Crippen LogP contribution in [0.25, 0.3) is 0 Å². The molecule has 2 atom stereocenters. The molecule has 0 aliphatic carbocycles. The molecule has 2 unspecified atom stereocenters. The normalized spacial score (nSPS) is 17.4. The van der Waals surface area contributed by atoms with Crippen LogP contribution in [0, 0.1) is 0 Å². The van der Waals surface area contributed by atoms with Crippen LogP contribution < -0.4 is 0 Å². The van der Waals surface area contributed by atoms with Crippen LogP contribution in [0.15, 0.2) is 91.0 Å². The first-order valence-electron chi connectivity index (χ1n) is 12.8. The first-order valence-corrected chi connectivity index (χ1v) is 14.4. The summed E-state index contributed by atoms with van der Waals surface area (Å²) in [5, 5.41) is 0. The van der Waals surface area contributed by atoms with Gasteiger partial charge in [0.05, 0.1) is 5.75 Å². The van der Waals surface area contributed by atoms with Crippen molar-refractivity contribution in [1.29, 1.82) is 0 Å². The zero-order chi connectivity index (χ0) is 25.2. The maximum atomic E-state index is 13.4. The lowest BCUT2D eigenvalue weighted by Crippen LogP contribution is -2.49. The van der Waals surface area contributed by atoms with E-state index in [4.69, 9.17) is 4.74 Å². The van der Waals surface area contributed by atoms with Crippen LogP contribution in [0.3, 0.4) is 0 Å². The van der Waals surface area contributed by atoms with Gasteiger partial charge in [0, 0.05) is 13.0 Å². The molecule has 3 aromatic carbocycles. The second-order valence-corrected chi connectivity index (χ2v) is 11.4. The van der Waals surface area contributed by atoms with Gasteiger partial charge >= 0.3 is 5.97 Å². The van der Waals surface area contributed by atoms with Gasteiger partial charge in [0.25, 0.3) is 0 Å². The Balaban J connectivity index is 1.44. The average molecular weight is 506 g/mol. The number of hydrogen-bond donors (Lipinski definition) is 0. The molecule has 0 bridgehead atoms. The van der Waals surface area contributed by atoms with Gasteiger partial charge in [-0.25, -0.2) is 8.42 Å². The summed E-state index contributed by atoms with van der Waals surface area (Å²) in [5.41, 5.74) is 3.08. The Morgan fingerprint density at radius 3 is 2.06 bits per heavy atom. The maximum absolute atomic E-state index is 13.4. The second-order valence-electron chi connectivity index (χ2n) is 9.49. The minimum Gasteiger partial charge on any atom is -0.461 e. The molecule has 1 fully saturated rings. The van der Waals surface area contributed by atoms with Crippen molar-refractivity contribution in [3.63, 3.8) is 0 Å². The van der Waals surface area contributed by atoms with Gasteiger partial charge in [-0.1, -0.05) is 91.0 Å². The number of nitrogens with zero attached hydrogens (tertiary/aromatic N) is 1. The zero-order valence-corrected chi connectivity index (χ0v) is 21.5. The number of ether oxygens (including phenoxy) is 1. The van der Waals surface area contributed by atoms with E-state index >= 15 is 0 Å². The summed E-state index contributed by atoms with van der Waals surface area (Å²) in [6, 6.07) is 28.7. The summed E-state index contributed by atoms with van der Waals surface area (Å²) in [7, 11) is -3.65. The summed E-state index contributed by atoms with van der Waals surface area (Å²) < 4.78 is 34.0. The highest BCUT2D eigenvalue weighted by Crippen LogP contribution is 2.25. The van der Waals surface area contributed by atoms with Gasteiger partial charge in [-0.15, -0.1) is 0 Å². The van der Waals surface area contributed by atoms with Crippen LogP contribution in [-0.2, 0) is 38.1 Å². The van der Waals surface area contributed by atoms with Crippen LogP contribution in [0.4, 0.5) is 0 Å². The molecular weight excluding hydrogens is 470 g/mol. The third kappa shape index (κ3) is 7.52. The molecule has 5 nitrogen and oxygen atoms in total. The highest BCUT2D eigenvalue weighted by Gasteiger charge is 2.38. The van der Waals surface area contributed by atoms with Crippen molar-refractivity contribution in [2.24, 2.45) is 0 Å². The molecule has 0 radical (unpaired) electrons. The summed E-state index contributed by atoms with van der Waals surface area (Å²) in [4.78, 5) is 13.4. The minimum absolute atomic E-state index is 0.109. The molecule has 36 heavy (non-hydrogen) atoms. The van der Waals surface area contributed by atoms with Gasteiger partial charge in [0.15, 0.2) is 0 Å². The molecule has 0 N–H and O–H groups in total. The topological polar surface area (TPSA) is 63.7 Å². The Morgan fingerprint density at radius 2 is 1.42 bits per heavy atom. The number of esters is 1. The summed E-state index contributed by atoms with van der Waals surface area (Å²) >= 11 is 0. The molecule has 1 heterocycles. The van der Waals surface area contributed by atoms with E-state index < -0.39 is 22.0 Å². The van der Waals surface area contributed by atoms with Crippen LogP contribution >= 0.6 is 0 Å². The molecule has 0 spiro atoms. The van der Waals surface area contributed by atoms with Crippen molar-refractivity contribution >= 4 is 16.0 Å². The number of carbonyl (C=O) groups is 1. The van der Waals surface area contributed by atoms with Crippen LogP contribution in [0.5, 0.6) is 0 Å². The van der Waals surface area contributed by atoms with Crippen molar-refractivity contribution in [3.8, 4) is 0 Å². The van der Waals surface area contributed by atoms with E-state index in [-0.39, 0.29) is 11.9 Å². The predicted molar refractivity (Wildman–Crippen MR) is 143 cm³/mol. The highest BCUT2D eigenvalue weighted by molar-refractivity contribution is 7.88. The first kappa shape index (κ1) is 26.1. The van der Waals surface area contributed by atoms with Crippen molar-refractivity contribution < 1.29 is 17.9 Å². The lowest BCUT2D eigenvalue weighted by atomic mass is 10.0. The van der Waals surface area contributed by atoms with Crippen LogP contribution in [-0.4, -0.2) is 37.4 Å². The summed E-state index contributed by atoms with van der Waals surface area (Å²) in [6.45, 7) is 0.353. The summed E-state index contributed by atoms with van der Waals surface area (Å²) in [6.07, 6.45) is 4.89. The molecule has 0 saturated carbocycles.